The van der Waals surface area contributed by atoms with Crippen LogP contribution in [0.1, 0.15) is 31.2 Å². The minimum atomic E-state index is -0.893. The molecule has 3 nitrogen and oxygen atoms in total. The number of hydrogen-bond donors (Lipinski definition) is 2. The quantitative estimate of drug-likeness (QED) is 0.882. The molecule has 1 fully saturated rings. The Hall–Kier alpha value is -1.49. The van der Waals surface area contributed by atoms with Crippen molar-refractivity contribution in [2.24, 2.45) is 11.7 Å². The molecule has 2 rings (SSSR count). The maximum absolute atomic E-state index is 13.0. The maximum atomic E-state index is 13.0. The van der Waals surface area contributed by atoms with Gasteiger partial charge in [0.25, 0.3) is 0 Å². The van der Waals surface area contributed by atoms with E-state index in [1.165, 1.54) is 6.07 Å². The van der Waals surface area contributed by atoms with Gasteiger partial charge in [-0.15, -0.1) is 0 Å². The van der Waals surface area contributed by atoms with E-state index in [-0.39, 0.29) is 24.4 Å². The second-order valence-electron chi connectivity index (χ2n) is 5.08. The zero-order chi connectivity index (χ0) is 13.8. The van der Waals surface area contributed by atoms with Crippen molar-refractivity contribution >= 4 is 5.91 Å². The number of nitrogens with two attached hydrogens (primary N) is 1. The van der Waals surface area contributed by atoms with Gasteiger partial charge in [0.2, 0.25) is 5.91 Å². The van der Waals surface area contributed by atoms with Crippen LogP contribution in [0.5, 0.6) is 0 Å². The van der Waals surface area contributed by atoms with Crippen LogP contribution in [0.2, 0.25) is 0 Å². The zero-order valence-corrected chi connectivity index (χ0v) is 10.7. The Morgan fingerprint density at radius 3 is 2.53 bits per heavy atom. The van der Waals surface area contributed by atoms with E-state index in [0.717, 1.165) is 37.8 Å². The average molecular weight is 268 g/mol. The molecular weight excluding hydrogens is 250 g/mol. The Balaban J connectivity index is 1.84. The second kappa shape index (κ2) is 6.10. The van der Waals surface area contributed by atoms with Crippen LogP contribution < -0.4 is 11.1 Å². The Kier molecular flexibility index (Phi) is 4.47. The van der Waals surface area contributed by atoms with Gasteiger partial charge in [0.15, 0.2) is 11.6 Å². The minimum Gasteiger partial charge on any atom is -0.352 e. The van der Waals surface area contributed by atoms with Crippen LogP contribution in [0.25, 0.3) is 0 Å². The molecule has 1 saturated carbocycles. The van der Waals surface area contributed by atoms with E-state index in [9.17, 15) is 13.6 Å². The Morgan fingerprint density at radius 2 is 1.89 bits per heavy atom. The standard InChI is InChI=1S/C14H18F2N2O/c15-12-6-1-9(7-13(12)16)8-18-14(19)10-2-4-11(17)5-3-10/h1,6-7,10-11H,2-5,8,17H2,(H,18,19). The van der Waals surface area contributed by atoms with E-state index in [2.05, 4.69) is 5.32 Å². The van der Waals surface area contributed by atoms with Gasteiger partial charge < -0.3 is 11.1 Å². The van der Waals surface area contributed by atoms with Gasteiger partial charge in [-0.25, -0.2) is 8.78 Å². The van der Waals surface area contributed by atoms with E-state index >= 15 is 0 Å². The van der Waals surface area contributed by atoms with Crippen molar-refractivity contribution in [3.63, 3.8) is 0 Å². The number of rotatable bonds is 3. The molecule has 0 radical (unpaired) electrons. The minimum absolute atomic E-state index is 0.00917. The first-order valence-corrected chi connectivity index (χ1v) is 6.53. The molecule has 104 valence electrons. The molecular formula is C14H18F2N2O. The van der Waals surface area contributed by atoms with Crippen molar-refractivity contribution in [2.75, 3.05) is 0 Å². The van der Waals surface area contributed by atoms with Gasteiger partial charge in [0.05, 0.1) is 0 Å². The number of halogens is 2. The molecule has 1 aromatic carbocycles. The number of nitrogens with one attached hydrogen (secondary N) is 1. The third-order valence-corrected chi connectivity index (χ3v) is 3.59. The van der Waals surface area contributed by atoms with Crippen LogP contribution >= 0.6 is 0 Å². The second-order valence-corrected chi connectivity index (χ2v) is 5.08. The van der Waals surface area contributed by atoms with Crippen molar-refractivity contribution in [2.45, 2.75) is 38.3 Å². The van der Waals surface area contributed by atoms with E-state index in [1.54, 1.807) is 0 Å². The molecule has 5 heteroatoms. The lowest BCUT2D eigenvalue weighted by Gasteiger charge is -2.25. The SMILES string of the molecule is NC1CCC(C(=O)NCc2ccc(F)c(F)c2)CC1. The van der Waals surface area contributed by atoms with E-state index in [4.69, 9.17) is 5.73 Å². The summed E-state index contributed by atoms with van der Waals surface area (Å²) in [6.07, 6.45) is 3.32. The predicted molar refractivity (Wildman–Crippen MR) is 68.1 cm³/mol. The first kappa shape index (κ1) is 13.9. The van der Waals surface area contributed by atoms with E-state index in [1.807, 2.05) is 0 Å². The topological polar surface area (TPSA) is 55.1 Å². The summed E-state index contributed by atoms with van der Waals surface area (Å²) in [4.78, 5) is 11.9. The lowest BCUT2D eigenvalue weighted by molar-refractivity contribution is -0.126. The molecule has 3 N–H and O–H groups in total. The van der Waals surface area contributed by atoms with Gasteiger partial charge in [-0.2, -0.15) is 0 Å². The summed E-state index contributed by atoms with van der Waals surface area (Å²) >= 11 is 0. The summed E-state index contributed by atoms with van der Waals surface area (Å²) in [5.41, 5.74) is 6.34. The molecule has 0 unspecified atom stereocenters. The molecule has 0 heterocycles. The van der Waals surface area contributed by atoms with E-state index in [0.29, 0.717) is 5.56 Å². The van der Waals surface area contributed by atoms with Crippen molar-refractivity contribution in [3.05, 3.63) is 35.4 Å². The lowest BCUT2D eigenvalue weighted by Crippen LogP contribution is -2.35. The van der Waals surface area contributed by atoms with Crippen LogP contribution in [-0.4, -0.2) is 11.9 Å². The third-order valence-electron chi connectivity index (χ3n) is 3.59. The van der Waals surface area contributed by atoms with Crippen molar-refractivity contribution < 1.29 is 13.6 Å². The largest absolute Gasteiger partial charge is 0.352 e. The molecule has 19 heavy (non-hydrogen) atoms. The van der Waals surface area contributed by atoms with Gasteiger partial charge in [-0.1, -0.05) is 6.07 Å². The van der Waals surface area contributed by atoms with Crippen LogP contribution in [0.3, 0.4) is 0 Å². The third kappa shape index (κ3) is 3.73. The van der Waals surface area contributed by atoms with Gasteiger partial charge in [0.1, 0.15) is 0 Å². The molecule has 1 aliphatic carbocycles. The summed E-state index contributed by atoms with van der Waals surface area (Å²) < 4.78 is 25.8. The fraction of sp³-hybridized carbons (Fsp3) is 0.500. The number of hydrogen-bond acceptors (Lipinski definition) is 2. The molecule has 0 aromatic heterocycles. The first-order valence-electron chi connectivity index (χ1n) is 6.53. The molecule has 1 aromatic rings. The lowest BCUT2D eigenvalue weighted by atomic mass is 9.86. The highest BCUT2D eigenvalue weighted by atomic mass is 19.2. The molecule has 0 spiro atoms. The Bertz CT molecular complexity index is 457. The number of amides is 1. The average Bonchev–Trinajstić information content (AvgIpc) is 2.40. The normalized spacial score (nSPS) is 23.1. The van der Waals surface area contributed by atoms with Crippen LogP contribution in [0.15, 0.2) is 18.2 Å². The van der Waals surface area contributed by atoms with Gasteiger partial charge in [-0.05, 0) is 43.4 Å². The maximum Gasteiger partial charge on any atom is 0.223 e. The molecule has 1 amide bonds. The monoisotopic (exact) mass is 268 g/mol. The van der Waals surface area contributed by atoms with Crippen molar-refractivity contribution in [1.29, 1.82) is 0 Å². The Morgan fingerprint density at radius 1 is 1.21 bits per heavy atom. The van der Waals surface area contributed by atoms with Crippen LogP contribution in [-0.2, 0) is 11.3 Å². The van der Waals surface area contributed by atoms with Crippen molar-refractivity contribution in [3.8, 4) is 0 Å². The smallest absolute Gasteiger partial charge is 0.223 e. The molecule has 1 aliphatic rings. The highest BCUT2D eigenvalue weighted by Crippen LogP contribution is 2.23. The molecule has 0 atom stereocenters. The zero-order valence-electron chi connectivity index (χ0n) is 10.7. The number of benzene rings is 1. The fourth-order valence-electron chi connectivity index (χ4n) is 2.36. The number of carbonyl (C=O) groups excluding carboxylic acids is 1. The van der Waals surface area contributed by atoms with Gasteiger partial charge >= 0.3 is 0 Å². The van der Waals surface area contributed by atoms with Gasteiger partial charge in [-0.3, -0.25) is 4.79 Å². The molecule has 0 aliphatic heterocycles. The summed E-state index contributed by atoms with van der Waals surface area (Å²) in [6, 6.07) is 3.84. The van der Waals surface area contributed by atoms with Crippen LogP contribution in [0, 0.1) is 17.6 Å². The number of carbonyl (C=O) groups is 1. The highest BCUT2D eigenvalue weighted by molar-refractivity contribution is 5.78. The summed E-state index contributed by atoms with van der Waals surface area (Å²) in [6.45, 7) is 0.221. The fourth-order valence-corrected chi connectivity index (χ4v) is 2.36. The summed E-state index contributed by atoms with van der Waals surface area (Å²) in [7, 11) is 0. The first-order chi connectivity index (χ1) is 9.06. The molecule has 0 bridgehead atoms. The van der Waals surface area contributed by atoms with Crippen molar-refractivity contribution in [1.82, 2.24) is 5.32 Å². The Labute approximate surface area is 111 Å². The van der Waals surface area contributed by atoms with Gasteiger partial charge in [0, 0.05) is 18.5 Å². The molecule has 0 saturated heterocycles. The van der Waals surface area contributed by atoms with Crippen LogP contribution in [0.4, 0.5) is 8.78 Å². The summed E-state index contributed by atoms with van der Waals surface area (Å²) in [5, 5.41) is 2.76. The summed E-state index contributed by atoms with van der Waals surface area (Å²) in [5.74, 6) is -1.81. The highest BCUT2D eigenvalue weighted by Gasteiger charge is 2.24. The predicted octanol–water partition coefficient (Wildman–Crippen LogP) is 2.10. The van der Waals surface area contributed by atoms with E-state index < -0.39 is 11.6 Å².